The highest BCUT2D eigenvalue weighted by atomic mass is 16.3. The summed E-state index contributed by atoms with van der Waals surface area (Å²) in [5.41, 5.74) is 2.39. The van der Waals surface area contributed by atoms with Crippen molar-refractivity contribution < 1.29 is 9.90 Å². The molecule has 0 aliphatic carbocycles. The first-order valence-electron chi connectivity index (χ1n) is 12.3. The monoisotopic (exact) mass is 452 g/mol. The molecule has 6 heteroatoms. The molecule has 1 aromatic rings. The fourth-order valence-electron chi connectivity index (χ4n) is 5.10. The second-order valence-electron chi connectivity index (χ2n) is 8.99. The van der Waals surface area contributed by atoms with Crippen molar-refractivity contribution in [3.05, 3.63) is 71.7 Å². The first-order chi connectivity index (χ1) is 16.0. The Bertz CT molecular complexity index is 864. The van der Waals surface area contributed by atoms with Crippen LogP contribution in [0.25, 0.3) is 0 Å². The zero-order chi connectivity index (χ0) is 23.8. The van der Waals surface area contributed by atoms with E-state index in [4.69, 9.17) is 0 Å². The second-order valence-corrected chi connectivity index (χ2v) is 8.99. The summed E-state index contributed by atoms with van der Waals surface area (Å²) in [7, 11) is 0. The van der Waals surface area contributed by atoms with E-state index in [1.165, 1.54) is 11.6 Å². The molecule has 6 nitrogen and oxygen atoms in total. The fourth-order valence-corrected chi connectivity index (χ4v) is 5.10. The number of hydrogen-bond acceptors (Lipinski definition) is 5. The molecule has 3 atom stereocenters. The molecule has 180 valence electrons. The summed E-state index contributed by atoms with van der Waals surface area (Å²) in [5.74, 6) is -0.106. The van der Waals surface area contributed by atoms with E-state index in [0.29, 0.717) is 35.9 Å². The molecule has 2 heterocycles. The maximum atomic E-state index is 12.1. The third kappa shape index (κ3) is 6.27. The number of likely N-dealkylation sites (tertiary alicyclic amines) is 2. The Labute approximate surface area is 199 Å². The van der Waals surface area contributed by atoms with Crippen molar-refractivity contribution in [2.45, 2.75) is 64.7 Å². The van der Waals surface area contributed by atoms with E-state index < -0.39 is 0 Å². The Morgan fingerprint density at radius 3 is 2.61 bits per heavy atom. The lowest BCUT2D eigenvalue weighted by molar-refractivity contribution is -0.117. The molecule has 1 amide bonds. The number of allylic oxidation sites excluding steroid dienone is 1. The van der Waals surface area contributed by atoms with Gasteiger partial charge >= 0.3 is 0 Å². The highest BCUT2D eigenvalue weighted by Gasteiger charge is 2.45. The number of fused-ring (bicyclic) bond motifs is 2. The van der Waals surface area contributed by atoms with Gasteiger partial charge in [0.15, 0.2) is 0 Å². The molecule has 0 spiro atoms. The van der Waals surface area contributed by atoms with Gasteiger partial charge in [-0.05, 0) is 51.3 Å². The lowest BCUT2D eigenvalue weighted by Gasteiger charge is -2.40. The van der Waals surface area contributed by atoms with E-state index in [1.54, 1.807) is 13.0 Å². The number of piperazine rings is 1. The van der Waals surface area contributed by atoms with Crippen LogP contribution in [0.3, 0.4) is 0 Å². The quantitative estimate of drug-likeness (QED) is 0.195. The number of likely N-dealkylation sites (N-methyl/N-ethyl adjacent to an activating group) is 1. The topological polar surface area (TPSA) is 67.8 Å². The molecule has 0 radical (unpaired) electrons. The molecule has 2 bridgehead atoms. The first-order valence-corrected chi connectivity index (χ1v) is 12.3. The van der Waals surface area contributed by atoms with Gasteiger partial charge in [0.2, 0.25) is 0 Å². The number of carbonyl (C=O) groups excluding carboxylic acids is 1. The van der Waals surface area contributed by atoms with Gasteiger partial charge in [-0.15, -0.1) is 0 Å². The average Bonchev–Trinajstić information content (AvgIpc) is 3.44. The van der Waals surface area contributed by atoms with Crippen LogP contribution in [0.1, 0.15) is 45.6 Å². The lowest BCUT2D eigenvalue weighted by Crippen LogP contribution is -2.50. The fraction of sp³-hybridized carbons (Fsp3) is 0.519. The van der Waals surface area contributed by atoms with Gasteiger partial charge in [0.05, 0.1) is 5.70 Å². The molecular formula is C27H40N4O2. The van der Waals surface area contributed by atoms with E-state index in [2.05, 4.69) is 64.3 Å². The van der Waals surface area contributed by atoms with Gasteiger partial charge in [-0.25, -0.2) is 0 Å². The van der Waals surface area contributed by atoms with E-state index in [1.807, 2.05) is 6.92 Å². The van der Waals surface area contributed by atoms with Crippen molar-refractivity contribution in [1.29, 1.82) is 0 Å². The summed E-state index contributed by atoms with van der Waals surface area (Å²) in [6.07, 6.45) is 6.62. The van der Waals surface area contributed by atoms with Gasteiger partial charge < -0.3 is 20.6 Å². The third-order valence-electron chi connectivity index (χ3n) is 6.89. The number of nitrogens with one attached hydrogen (secondary N) is 2. The van der Waals surface area contributed by atoms with Crippen LogP contribution in [0.5, 0.6) is 0 Å². The summed E-state index contributed by atoms with van der Waals surface area (Å²) >= 11 is 0. The predicted octanol–water partition coefficient (Wildman–Crippen LogP) is 3.74. The normalized spacial score (nSPS) is 22.0. The van der Waals surface area contributed by atoms with E-state index in [-0.39, 0.29) is 11.7 Å². The van der Waals surface area contributed by atoms with Crippen molar-refractivity contribution in [3.8, 4) is 0 Å². The molecule has 3 rings (SSSR count). The zero-order valence-electron chi connectivity index (χ0n) is 20.4. The Hall–Kier alpha value is -2.57. The Morgan fingerprint density at radius 1 is 1.24 bits per heavy atom. The minimum atomic E-state index is -0.180. The molecule has 0 saturated carbocycles. The van der Waals surface area contributed by atoms with Crippen molar-refractivity contribution >= 4 is 5.91 Å². The standard InChI is InChI=1S/C27H40N4O2/c1-5-22(27(33)29-7-3)15-26(32)20(4)30-18-25-16-24(30)19-31(25)23(6-2)13-14-28-17-21-11-9-8-10-12-21/h5,8-12,15,23-25,28,32H,4,6-7,13-14,16-19H2,1-3H3,(H,29,33)/b22-5+,26-15+. The van der Waals surface area contributed by atoms with Crippen molar-refractivity contribution in [1.82, 2.24) is 20.4 Å². The maximum Gasteiger partial charge on any atom is 0.251 e. The first kappa shape index (κ1) is 25.1. The second kappa shape index (κ2) is 12.1. The maximum absolute atomic E-state index is 12.1. The van der Waals surface area contributed by atoms with Gasteiger partial charge in [-0.2, -0.15) is 0 Å². The minimum Gasteiger partial charge on any atom is -0.506 e. The molecular weight excluding hydrogens is 412 g/mol. The highest BCUT2D eigenvalue weighted by Crippen LogP contribution is 2.36. The SMILES string of the molecule is C=C(/C(O)=C\C(=C/C)C(=O)NCC)N1CC2CC1CN2C(CC)CCNCc1ccccc1. The van der Waals surface area contributed by atoms with Crippen molar-refractivity contribution in [2.75, 3.05) is 26.2 Å². The minimum absolute atomic E-state index is 0.0746. The van der Waals surface area contributed by atoms with Crippen LogP contribution in [0, 0.1) is 0 Å². The zero-order valence-corrected chi connectivity index (χ0v) is 20.4. The molecule has 1 aromatic carbocycles. The summed E-state index contributed by atoms with van der Waals surface area (Å²) in [4.78, 5) is 17.0. The van der Waals surface area contributed by atoms with Crippen LogP contribution in [0.2, 0.25) is 0 Å². The molecule has 3 N–H and O–H groups in total. The van der Waals surface area contributed by atoms with Gasteiger partial charge in [-0.3, -0.25) is 9.69 Å². The largest absolute Gasteiger partial charge is 0.506 e. The Kier molecular flexibility index (Phi) is 9.15. The van der Waals surface area contributed by atoms with Gasteiger partial charge in [0.25, 0.3) is 5.91 Å². The number of amides is 1. The molecule has 2 aliphatic rings. The van der Waals surface area contributed by atoms with Crippen LogP contribution >= 0.6 is 0 Å². The van der Waals surface area contributed by atoms with Crippen LogP contribution < -0.4 is 10.6 Å². The van der Waals surface area contributed by atoms with E-state index in [0.717, 1.165) is 45.4 Å². The number of benzene rings is 1. The summed E-state index contributed by atoms with van der Waals surface area (Å²) < 4.78 is 0. The average molecular weight is 453 g/mol. The number of hydrogen-bond donors (Lipinski definition) is 3. The number of rotatable bonds is 12. The van der Waals surface area contributed by atoms with Crippen LogP contribution in [-0.2, 0) is 11.3 Å². The molecule has 3 unspecified atom stereocenters. The highest BCUT2D eigenvalue weighted by molar-refractivity contribution is 5.96. The van der Waals surface area contributed by atoms with E-state index >= 15 is 0 Å². The van der Waals surface area contributed by atoms with Crippen molar-refractivity contribution in [3.63, 3.8) is 0 Å². The number of aliphatic hydroxyl groups is 1. The Morgan fingerprint density at radius 2 is 2.00 bits per heavy atom. The number of carbonyl (C=O) groups is 1. The van der Waals surface area contributed by atoms with Gasteiger partial charge in [0.1, 0.15) is 5.76 Å². The number of aliphatic hydroxyl groups excluding tert-OH is 1. The van der Waals surface area contributed by atoms with Crippen LogP contribution in [0.4, 0.5) is 0 Å². The summed E-state index contributed by atoms with van der Waals surface area (Å²) in [5, 5.41) is 17.0. The summed E-state index contributed by atoms with van der Waals surface area (Å²) in [6.45, 7) is 14.4. The van der Waals surface area contributed by atoms with Crippen molar-refractivity contribution in [2.24, 2.45) is 0 Å². The van der Waals surface area contributed by atoms with E-state index in [9.17, 15) is 9.90 Å². The molecule has 33 heavy (non-hydrogen) atoms. The molecule has 0 aromatic heterocycles. The Balaban J connectivity index is 1.51. The third-order valence-corrected chi connectivity index (χ3v) is 6.89. The van der Waals surface area contributed by atoms with Gasteiger partial charge in [-0.1, -0.05) is 49.9 Å². The predicted molar refractivity (Wildman–Crippen MR) is 135 cm³/mol. The summed E-state index contributed by atoms with van der Waals surface area (Å²) in [6, 6.07) is 11.9. The molecule has 2 saturated heterocycles. The number of nitrogens with zero attached hydrogens (tertiary/aromatic N) is 2. The molecule has 2 fully saturated rings. The lowest BCUT2D eigenvalue weighted by atomic mass is 10.1. The smallest absolute Gasteiger partial charge is 0.251 e. The van der Waals surface area contributed by atoms with Crippen LogP contribution in [-0.4, -0.2) is 65.1 Å². The van der Waals surface area contributed by atoms with Gasteiger partial charge in [0, 0.05) is 49.9 Å². The molecule has 2 aliphatic heterocycles. The van der Waals surface area contributed by atoms with Crippen LogP contribution in [0.15, 0.2) is 66.1 Å².